The quantitative estimate of drug-likeness (QED) is 0.228. The van der Waals surface area contributed by atoms with Crippen LogP contribution in [-0.2, 0) is 4.79 Å². The summed E-state index contributed by atoms with van der Waals surface area (Å²) >= 11 is 7.37. The Balaban J connectivity index is 1.61. The molecule has 39 heavy (non-hydrogen) atoms. The number of anilines is 2. The number of halogens is 1. The van der Waals surface area contributed by atoms with Gasteiger partial charge < -0.3 is 10.0 Å². The van der Waals surface area contributed by atoms with Crippen LogP contribution in [0, 0.1) is 6.92 Å². The first-order valence-corrected chi connectivity index (χ1v) is 14.0. The Bertz CT molecular complexity index is 1540. The number of rotatable bonds is 8. The highest BCUT2D eigenvalue weighted by Gasteiger charge is 2.45. The SMILES string of the molecule is CCN(CC)c1ccc(C2C(C(=O)c3sc(-c4ccccc4)nc3C)=C(O)C(=O)N2c2ccc(Cl)cc2)cc1. The van der Waals surface area contributed by atoms with Crippen LogP contribution in [0.3, 0.4) is 0 Å². The summed E-state index contributed by atoms with van der Waals surface area (Å²) in [5.41, 5.74) is 3.78. The lowest BCUT2D eigenvalue weighted by Gasteiger charge is -2.28. The number of aliphatic hydroxyl groups is 1. The van der Waals surface area contributed by atoms with E-state index in [9.17, 15) is 14.7 Å². The van der Waals surface area contributed by atoms with Crippen LogP contribution in [0.1, 0.15) is 40.8 Å². The predicted octanol–water partition coefficient (Wildman–Crippen LogP) is 7.40. The third kappa shape index (κ3) is 4.95. The van der Waals surface area contributed by atoms with Gasteiger partial charge in [0.05, 0.1) is 22.2 Å². The Hall–Kier alpha value is -3.94. The Morgan fingerprint density at radius 1 is 1.00 bits per heavy atom. The first kappa shape index (κ1) is 26.7. The van der Waals surface area contributed by atoms with Gasteiger partial charge in [-0.2, -0.15) is 0 Å². The minimum atomic E-state index is -0.821. The molecule has 2 heterocycles. The zero-order valence-electron chi connectivity index (χ0n) is 21.9. The molecule has 1 N–H and O–H groups in total. The minimum Gasteiger partial charge on any atom is -0.503 e. The molecule has 5 rings (SSSR count). The molecule has 0 spiro atoms. The molecule has 1 unspecified atom stereocenters. The molecule has 1 atom stereocenters. The van der Waals surface area contributed by atoms with E-state index in [-0.39, 0.29) is 5.57 Å². The fourth-order valence-electron chi connectivity index (χ4n) is 4.91. The molecule has 0 fully saturated rings. The van der Waals surface area contributed by atoms with E-state index in [0.29, 0.717) is 31.9 Å². The molecule has 0 saturated heterocycles. The van der Waals surface area contributed by atoms with Crippen molar-refractivity contribution in [2.24, 2.45) is 0 Å². The molecule has 198 valence electrons. The second-order valence-corrected chi connectivity index (χ2v) is 10.6. The molecule has 0 saturated carbocycles. The van der Waals surface area contributed by atoms with Crippen molar-refractivity contribution < 1.29 is 14.7 Å². The zero-order valence-corrected chi connectivity index (χ0v) is 23.5. The minimum absolute atomic E-state index is 0.0388. The van der Waals surface area contributed by atoms with Gasteiger partial charge in [-0.1, -0.05) is 54.1 Å². The van der Waals surface area contributed by atoms with Gasteiger partial charge >= 0.3 is 0 Å². The number of carbonyl (C=O) groups excluding carboxylic acids is 2. The van der Waals surface area contributed by atoms with Crippen LogP contribution in [-0.4, -0.2) is 34.9 Å². The molecule has 1 amide bonds. The number of amides is 1. The maximum Gasteiger partial charge on any atom is 0.294 e. The average Bonchev–Trinajstić information content (AvgIpc) is 3.47. The monoisotopic (exact) mass is 557 g/mol. The van der Waals surface area contributed by atoms with Crippen molar-refractivity contribution in [2.45, 2.75) is 26.8 Å². The highest BCUT2D eigenvalue weighted by atomic mass is 35.5. The lowest BCUT2D eigenvalue weighted by atomic mass is 9.94. The fourth-order valence-corrected chi connectivity index (χ4v) is 6.06. The molecular formula is C31H28ClN3O3S. The van der Waals surface area contributed by atoms with Crippen LogP contribution >= 0.6 is 22.9 Å². The maximum absolute atomic E-state index is 14.1. The van der Waals surface area contributed by atoms with Gasteiger partial charge in [0.15, 0.2) is 5.76 Å². The number of nitrogens with zero attached hydrogens (tertiary/aromatic N) is 3. The molecule has 1 aromatic heterocycles. The lowest BCUT2D eigenvalue weighted by Crippen LogP contribution is -2.31. The number of hydrogen-bond acceptors (Lipinski definition) is 6. The van der Waals surface area contributed by atoms with E-state index < -0.39 is 23.5 Å². The summed E-state index contributed by atoms with van der Waals surface area (Å²) in [5.74, 6) is -1.60. The summed E-state index contributed by atoms with van der Waals surface area (Å²) < 4.78 is 0. The topological polar surface area (TPSA) is 73.7 Å². The van der Waals surface area contributed by atoms with Crippen LogP contribution in [0.15, 0.2) is 90.2 Å². The number of aromatic nitrogens is 1. The van der Waals surface area contributed by atoms with E-state index in [1.165, 1.54) is 16.2 Å². The van der Waals surface area contributed by atoms with Gasteiger partial charge in [-0.05, 0) is 62.7 Å². The molecule has 4 aromatic rings. The summed E-state index contributed by atoms with van der Waals surface area (Å²) in [7, 11) is 0. The molecule has 0 aliphatic carbocycles. The largest absolute Gasteiger partial charge is 0.503 e. The molecule has 8 heteroatoms. The number of thiazole rings is 1. The Labute approximate surface area is 236 Å². The van der Waals surface area contributed by atoms with E-state index in [1.807, 2.05) is 54.6 Å². The maximum atomic E-state index is 14.1. The van der Waals surface area contributed by atoms with Crippen molar-refractivity contribution in [1.82, 2.24) is 4.98 Å². The van der Waals surface area contributed by atoms with Crippen LogP contribution in [0.5, 0.6) is 0 Å². The Morgan fingerprint density at radius 3 is 2.26 bits per heavy atom. The molecule has 3 aromatic carbocycles. The normalized spacial score (nSPS) is 15.2. The first-order valence-electron chi connectivity index (χ1n) is 12.8. The number of benzene rings is 3. The smallest absolute Gasteiger partial charge is 0.294 e. The summed E-state index contributed by atoms with van der Waals surface area (Å²) in [6.45, 7) is 7.66. The zero-order chi connectivity index (χ0) is 27.7. The van der Waals surface area contributed by atoms with Crippen LogP contribution in [0.2, 0.25) is 5.02 Å². The average molecular weight is 558 g/mol. The number of Topliss-reactive ketones (excluding diaryl/α,β-unsaturated/α-hetero) is 1. The summed E-state index contributed by atoms with van der Waals surface area (Å²) in [6.07, 6.45) is 0. The van der Waals surface area contributed by atoms with Crippen molar-refractivity contribution in [3.63, 3.8) is 0 Å². The second kappa shape index (κ2) is 11.0. The second-order valence-electron chi connectivity index (χ2n) is 9.21. The standard InChI is InChI=1S/C31H28ClN3O3S/c1-4-34(5-2)23-15-11-20(12-16-23)26-25(28(37)31(38)35(26)24-17-13-22(32)14-18-24)27(36)29-19(3)33-30(39-29)21-9-7-6-8-10-21/h6-18,26,37H,4-5H2,1-3H3. The molecule has 0 radical (unpaired) electrons. The van der Waals surface area contributed by atoms with Crippen molar-refractivity contribution in [2.75, 3.05) is 22.9 Å². The van der Waals surface area contributed by atoms with Gasteiger partial charge in [0, 0.05) is 35.1 Å². The van der Waals surface area contributed by atoms with Gasteiger partial charge in [0.25, 0.3) is 5.91 Å². The third-order valence-electron chi connectivity index (χ3n) is 6.92. The van der Waals surface area contributed by atoms with Crippen molar-refractivity contribution in [3.05, 3.63) is 111 Å². The van der Waals surface area contributed by atoms with Gasteiger partial charge in [0.1, 0.15) is 5.01 Å². The molecule has 1 aliphatic heterocycles. The highest BCUT2D eigenvalue weighted by molar-refractivity contribution is 7.17. The number of hydrogen-bond donors (Lipinski definition) is 1. The van der Waals surface area contributed by atoms with E-state index in [1.54, 1.807) is 31.2 Å². The molecule has 1 aliphatic rings. The van der Waals surface area contributed by atoms with E-state index in [2.05, 4.69) is 23.7 Å². The summed E-state index contributed by atoms with van der Waals surface area (Å²) in [4.78, 5) is 36.3. The van der Waals surface area contributed by atoms with E-state index >= 15 is 0 Å². The Morgan fingerprint density at radius 2 is 1.64 bits per heavy atom. The molecular weight excluding hydrogens is 530 g/mol. The number of carbonyl (C=O) groups is 2. The van der Waals surface area contributed by atoms with Crippen LogP contribution in [0.25, 0.3) is 10.6 Å². The van der Waals surface area contributed by atoms with Gasteiger partial charge in [-0.25, -0.2) is 4.98 Å². The van der Waals surface area contributed by atoms with Gasteiger partial charge in [0.2, 0.25) is 5.78 Å². The van der Waals surface area contributed by atoms with Crippen molar-refractivity contribution >= 4 is 46.0 Å². The first-order chi connectivity index (χ1) is 18.8. The van der Waals surface area contributed by atoms with Crippen molar-refractivity contribution in [3.8, 4) is 10.6 Å². The molecule has 6 nitrogen and oxygen atoms in total. The summed E-state index contributed by atoms with van der Waals surface area (Å²) in [6, 6.07) is 23.4. The molecule has 0 bridgehead atoms. The number of aryl methyl sites for hydroxylation is 1. The number of ketones is 1. The van der Waals surface area contributed by atoms with Crippen LogP contribution < -0.4 is 9.80 Å². The highest BCUT2D eigenvalue weighted by Crippen LogP contribution is 2.43. The van der Waals surface area contributed by atoms with Gasteiger partial charge in [-0.15, -0.1) is 11.3 Å². The van der Waals surface area contributed by atoms with E-state index in [0.717, 1.165) is 24.3 Å². The fraction of sp³-hybridized carbons (Fsp3) is 0.194. The van der Waals surface area contributed by atoms with Crippen LogP contribution in [0.4, 0.5) is 11.4 Å². The lowest BCUT2D eigenvalue weighted by molar-refractivity contribution is -0.117. The number of aliphatic hydroxyl groups excluding tert-OH is 1. The van der Waals surface area contributed by atoms with Crippen molar-refractivity contribution in [1.29, 1.82) is 0 Å². The Kier molecular flexibility index (Phi) is 7.55. The predicted molar refractivity (Wildman–Crippen MR) is 158 cm³/mol. The van der Waals surface area contributed by atoms with Gasteiger partial charge in [-0.3, -0.25) is 14.5 Å². The summed E-state index contributed by atoms with van der Waals surface area (Å²) in [5, 5.41) is 12.4. The third-order valence-corrected chi connectivity index (χ3v) is 8.38. The van der Waals surface area contributed by atoms with E-state index in [4.69, 9.17) is 11.6 Å².